The van der Waals surface area contributed by atoms with Crippen molar-refractivity contribution in [2.45, 2.75) is 232 Å². The standard InChI is InChI=1S/C40H79NO3/c1-3-5-7-9-11-13-15-17-18-19-20-21-22-23-25-27-29-31-33-35-37-44-40(43)38-41-39(42)36-34-32-30-28-26-24-16-14-12-10-8-6-4-2/h3-38H2,1-2H3,(H,41,42). The van der Waals surface area contributed by atoms with E-state index in [-0.39, 0.29) is 18.4 Å². The van der Waals surface area contributed by atoms with Crippen molar-refractivity contribution in [3.8, 4) is 0 Å². The normalized spacial score (nSPS) is 11.2. The van der Waals surface area contributed by atoms with Crippen LogP contribution in [-0.2, 0) is 14.3 Å². The minimum Gasteiger partial charge on any atom is -0.464 e. The summed E-state index contributed by atoms with van der Waals surface area (Å²) >= 11 is 0. The molecule has 0 fully saturated rings. The maximum Gasteiger partial charge on any atom is 0.325 e. The zero-order valence-corrected chi connectivity index (χ0v) is 30.2. The third-order valence-electron chi connectivity index (χ3n) is 9.20. The summed E-state index contributed by atoms with van der Waals surface area (Å²) in [5, 5.41) is 2.73. The Labute approximate surface area is 276 Å². The molecule has 0 saturated heterocycles. The van der Waals surface area contributed by atoms with E-state index >= 15 is 0 Å². The molecule has 0 aliphatic heterocycles. The molecule has 4 heteroatoms. The van der Waals surface area contributed by atoms with Gasteiger partial charge in [-0.25, -0.2) is 0 Å². The van der Waals surface area contributed by atoms with E-state index in [1.165, 1.54) is 186 Å². The monoisotopic (exact) mass is 622 g/mol. The third kappa shape index (κ3) is 37.1. The number of nitrogens with one attached hydrogen (secondary N) is 1. The Morgan fingerprint density at radius 3 is 0.977 bits per heavy atom. The van der Waals surface area contributed by atoms with E-state index in [9.17, 15) is 9.59 Å². The minimum absolute atomic E-state index is 0.0104. The van der Waals surface area contributed by atoms with Crippen LogP contribution in [0, 0.1) is 0 Å². The van der Waals surface area contributed by atoms with Crippen LogP contribution in [0.3, 0.4) is 0 Å². The summed E-state index contributed by atoms with van der Waals surface area (Å²) in [6.45, 7) is 5.05. The summed E-state index contributed by atoms with van der Waals surface area (Å²) in [7, 11) is 0. The summed E-state index contributed by atoms with van der Waals surface area (Å²) in [4.78, 5) is 23.9. The fourth-order valence-electron chi connectivity index (χ4n) is 6.16. The lowest BCUT2D eigenvalue weighted by molar-refractivity contribution is -0.144. The van der Waals surface area contributed by atoms with Crippen LogP contribution in [0.15, 0.2) is 0 Å². The Bertz CT molecular complexity index is 579. The SMILES string of the molecule is CCCCCCCCCCCCCCCCCCCCCCOC(=O)CNC(=O)CCCCCCCCCCCCCCC. The van der Waals surface area contributed by atoms with E-state index in [4.69, 9.17) is 4.74 Å². The maximum absolute atomic E-state index is 12.0. The predicted octanol–water partition coefficient (Wildman–Crippen LogP) is 12.9. The quantitative estimate of drug-likeness (QED) is 0.0554. The van der Waals surface area contributed by atoms with Gasteiger partial charge in [0.1, 0.15) is 6.54 Å². The van der Waals surface area contributed by atoms with Crippen molar-refractivity contribution >= 4 is 11.9 Å². The Morgan fingerprint density at radius 2 is 0.659 bits per heavy atom. The fraction of sp³-hybridized carbons (Fsp3) is 0.950. The van der Waals surface area contributed by atoms with Gasteiger partial charge in [0.2, 0.25) is 5.91 Å². The molecule has 0 atom stereocenters. The Kier molecular flexibility index (Phi) is 37.2. The molecule has 0 rings (SSSR count). The van der Waals surface area contributed by atoms with Crippen LogP contribution in [0.2, 0.25) is 0 Å². The highest BCUT2D eigenvalue weighted by Gasteiger charge is 2.06. The van der Waals surface area contributed by atoms with Crippen LogP contribution in [0.25, 0.3) is 0 Å². The van der Waals surface area contributed by atoms with Gasteiger partial charge >= 0.3 is 5.97 Å². The number of amides is 1. The number of rotatable bonds is 37. The molecule has 0 aromatic rings. The van der Waals surface area contributed by atoms with Gasteiger partial charge in [0, 0.05) is 6.42 Å². The first-order chi connectivity index (χ1) is 21.7. The van der Waals surface area contributed by atoms with E-state index in [0.717, 1.165) is 25.7 Å². The van der Waals surface area contributed by atoms with Gasteiger partial charge in [-0.15, -0.1) is 0 Å². The van der Waals surface area contributed by atoms with Crippen LogP contribution in [0.5, 0.6) is 0 Å². The molecule has 44 heavy (non-hydrogen) atoms. The summed E-state index contributed by atoms with van der Waals surface area (Å²) in [5.74, 6) is -0.328. The highest BCUT2D eigenvalue weighted by Crippen LogP contribution is 2.15. The second-order valence-corrected chi connectivity index (χ2v) is 13.7. The lowest BCUT2D eigenvalue weighted by Gasteiger charge is -2.07. The van der Waals surface area contributed by atoms with Crippen molar-refractivity contribution < 1.29 is 14.3 Å². The minimum atomic E-state index is -0.304. The van der Waals surface area contributed by atoms with Gasteiger partial charge in [0.15, 0.2) is 0 Å². The van der Waals surface area contributed by atoms with Crippen LogP contribution in [-0.4, -0.2) is 25.0 Å². The molecule has 0 aromatic carbocycles. The molecule has 0 aliphatic carbocycles. The molecule has 4 nitrogen and oxygen atoms in total. The maximum atomic E-state index is 12.0. The average molecular weight is 622 g/mol. The van der Waals surface area contributed by atoms with E-state index < -0.39 is 0 Å². The van der Waals surface area contributed by atoms with Gasteiger partial charge in [-0.1, -0.05) is 213 Å². The molecule has 262 valence electrons. The van der Waals surface area contributed by atoms with Gasteiger partial charge in [-0.05, 0) is 12.8 Å². The molecule has 0 heterocycles. The van der Waals surface area contributed by atoms with Gasteiger partial charge < -0.3 is 10.1 Å². The Balaban J connectivity index is 3.24. The van der Waals surface area contributed by atoms with Gasteiger partial charge in [-0.2, -0.15) is 0 Å². The van der Waals surface area contributed by atoms with Crippen LogP contribution in [0.4, 0.5) is 0 Å². The second-order valence-electron chi connectivity index (χ2n) is 13.7. The highest BCUT2D eigenvalue weighted by atomic mass is 16.5. The molecule has 0 radical (unpaired) electrons. The van der Waals surface area contributed by atoms with Crippen molar-refractivity contribution in [1.82, 2.24) is 5.32 Å². The average Bonchev–Trinajstić information content (AvgIpc) is 3.03. The Hall–Kier alpha value is -1.06. The van der Waals surface area contributed by atoms with Gasteiger partial charge in [-0.3, -0.25) is 9.59 Å². The van der Waals surface area contributed by atoms with Crippen LogP contribution in [0.1, 0.15) is 232 Å². The lowest BCUT2D eigenvalue weighted by Crippen LogP contribution is -2.30. The molecular formula is C40H79NO3. The van der Waals surface area contributed by atoms with E-state index in [1.807, 2.05) is 0 Å². The number of hydrogen-bond donors (Lipinski definition) is 1. The first kappa shape index (κ1) is 42.9. The summed E-state index contributed by atoms with van der Waals surface area (Å²) in [5.41, 5.74) is 0. The summed E-state index contributed by atoms with van der Waals surface area (Å²) in [6, 6.07) is 0. The summed E-state index contributed by atoms with van der Waals surface area (Å²) < 4.78 is 5.30. The predicted molar refractivity (Wildman–Crippen MR) is 192 cm³/mol. The number of carbonyl (C=O) groups excluding carboxylic acids is 2. The highest BCUT2D eigenvalue weighted by molar-refractivity contribution is 5.81. The van der Waals surface area contributed by atoms with Crippen molar-refractivity contribution in [1.29, 1.82) is 0 Å². The lowest BCUT2D eigenvalue weighted by atomic mass is 10.0. The number of esters is 1. The zero-order chi connectivity index (χ0) is 32.0. The van der Waals surface area contributed by atoms with Crippen molar-refractivity contribution in [3.05, 3.63) is 0 Å². The van der Waals surface area contributed by atoms with Crippen molar-refractivity contribution in [3.63, 3.8) is 0 Å². The van der Waals surface area contributed by atoms with Crippen molar-refractivity contribution in [2.75, 3.05) is 13.2 Å². The van der Waals surface area contributed by atoms with Gasteiger partial charge in [0.25, 0.3) is 0 Å². The summed E-state index contributed by atoms with van der Waals surface area (Å²) in [6.07, 6.45) is 44.7. The number of ether oxygens (including phenoxy) is 1. The number of hydrogen-bond acceptors (Lipinski definition) is 3. The molecule has 0 aliphatic rings. The molecule has 0 saturated carbocycles. The molecule has 0 unspecified atom stereocenters. The molecule has 0 spiro atoms. The molecule has 0 aromatic heterocycles. The Morgan fingerprint density at radius 1 is 0.386 bits per heavy atom. The van der Waals surface area contributed by atoms with Crippen LogP contribution >= 0.6 is 0 Å². The largest absolute Gasteiger partial charge is 0.464 e. The molecule has 0 bridgehead atoms. The van der Waals surface area contributed by atoms with E-state index in [1.54, 1.807) is 0 Å². The first-order valence-electron chi connectivity index (χ1n) is 20.1. The zero-order valence-electron chi connectivity index (χ0n) is 30.2. The van der Waals surface area contributed by atoms with Gasteiger partial charge in [0.05, 0.1) is 6.61 Å². The van der Waals surface area contributed by atoms with E-state index in [0.29, 0.717) is 13.0 Å². The van der Waals surface area contributed by atoms with Crippen molar-refractivity contribution in [2.24, 2.45) is 0 Å². The fourth-order valence-corrected chi connectivity index (χ4v) is 6.16. The molecular weight excluding hydrogens is 542 g/mol. The van der Waals surface area contributed by atoms with Crippen LogP contribution < -0.4 is 5.32 Å². The smallest absolute Gasteiger partial charge is 0.325 e. The second kappa shape index (κ2) is 38.1. The molecule has 1 N–H and O–H groups in total. The third-order valence-corrected chi connectivity index (χ3v) is 9.20. The van der Waals surface area contributed by atoms with E-state index in [2.05, 4.69) is 19.2 Å². The molecule has 1 amide bonds. The number of unbranched alkanes of at least 4 members (excludes halogenated alkanes) is 31. The number of carbonyl (C=O) groups is 2. The topological polar surface area (TPSA) is 55.4 Å². The first-order valence-corrected chi connectivity index (χ1v) is 20.1.